The predicted molar refractivity (Wildman–Crippen MR) is 94.8 cm³/mol. The van der Waals surface area contributed by atoms with E-state index >= 15 is 0 Å². The minimum absolute atomic E-state index is 0.0803. The Bertz CT molecular complexity index is 764. The van der Waals surface area contributed by atoms with Crippen molar-refractivity contribution in [3.63, 3.8) is 0 Å². The van der Waals surface area contributed by atoms with E-state index in [0.717, 1.165) is 60.3 Å². The van der Waals surface area contributed by atoms with Crippen LogP contribution in [0.5, 0.6) is 0 Å². The first-order valence-electron chi connectivity index (χ1n) is 8.00. The minimum atomic E-state index is 0.0803. The summed E-state index contributed by atoms with van der Waals surface area (Å²) < 4.78 is 1.74. The Hall–Kier alpha value is -2.17. The number of amides is 1. The Morgan fingerprint density at radius 3 is 2.75 bits per heavy atom. The number of hydrogen-bond acceptors (Lipinski definition) is 5. The quantitative estimate of drug-likeness (QED) is 0.792. The van der Waals surface area contributed by atoms with Crippen LogP contribution >= 0.6 is 11.3 Å². The average Bonchev–Trinajstić information content (AvgIpc) is 3.18. The first kappa shape index (κ1) is 16.7. The van der Waals surface area contributed by atoms with Crippen LogP contribution in [0.1, 0.15) is 21.8 Å². The molecule has 0 N–H and O–H groups in total. The van der Waals surface area contributed by atoms with Crippen LogP contribution in [0.2, 0.25) is 0 Å². The first-order valence-corrected chi connectivity index (χ1v) is 8.81. The van der Waals surface area contributed by atoms with Crippen molar-refractivity contribution in [3.05, 3.63) is 23.0 Å². The van der Waals surface area contributed by atoms with Gasteiger partial charge in [-0.3, -0.25) is 14.4 Å². The van der Waals surface area contributed by atoms with Crippen molar-refractivity contribution in [2.45, 2.75) is 13.3 Å². The summed E-state index contributed by atoms with van der Waals surface area (Å²) in [4.78, 5) is 22.3. The van der Waals surface area contributed by atoms with E-state index in [9.17, 15) is 4.79 Å². The van der Waals surface area contributed by atoms with Gasteiger partial charge in [-0.15, -0.1) is 23.7 Å². The molecule has 0 radical (unpaired) electrons. The number of hydrogen-bond donors (Lipinski definition) is 0. The lowest BCUT2D eigenvalue weighted by Crippen LogP contribution is -2.48. The normalized spacial score (nSPS) is 15.5. The van der Waals surface area contributed by atoms with Crippen LogP contribution in [0.25, 0.3) is 10.6 Å². The molecule has 126 valence electrons. The van der Waals surface area contributed by atoms with Crippen LogP contribution in [-0.2, 0) is 7.05 Å². The van der Waals surface area contributed by atoms with Crippen molar-refractivity contribution in [2.24, 2.45) is 7.05 Å². The van der Waals surface area contributed by atoms with Gasteiger partial charge in [-0.25, -0.2) is 4.98 Å². The van der Waals surface area contributed by atoms with Gasteiger partial charge < -0.3 is 4.90 Å². The molecule has 1 aliphatic heterocycles. The number of nitrogens with zero attached hydrogens (tertiary/aromatic N) is 5. The van der Waals surface area contributed by atoms with Crippen molar-refractivity contribution >= 4 is 17.2 Å². The van der Waals surface area contributed by atoms with E-state index in [1.165, 1.54) is 11.3 Å². The molecule has 1 fully saturated rings. The first-order chi connectivity index (χ1) is 11.6. The molecule has 3 heterocycles. The van der Waals surface area contributed by atoms with Crippen LogP contribution in [0.3, 0.4) is 0 Å². The molecule has 0 spiro atoms. The van der Waals surface area contributed by atoms with Crippen LogP contribution < -0.4 is 0 Å². The number of thiazole rings is 1. The summed E-state index contributed by atoms with van der Waals surface area (Å²) in [5.74, 6) is 2.75. The molecule has 0 aliphatic carbocycles. The average molecular weight is 343 g/mol. The molecule has 6 nitrogen and oxygen atoms in total. The van der Waals surface area contributed by atoms with Gasteiger partial charge in [0.1, 0.15) is 9.88 Å². The maximum Gasteiger partial charge on any atom is 0.265 e. The molecule has 24 heavy (non-hydrogen) atoms. The number of carbonyl (C=O) groups excluding carboxylic acids is 1. The lowest BCUT2D eigenvalue weighted by atomic mass is 10.2. The van der Waals surface area contributed by atoms with E-state index in [0.29, 0.717) is 0 Å². The van der Waals surface area contributed by atoms with Crippen LogP contribution in [0.4, 0.5) is 0 Å². The molecule has 0 aromatic carbocycles. The third-order valence-electron chi connectivity index (χ3n) is 4.17. The number of aryl methyl sites for hydroxylation is 2. The van der Waals surface area contributed by atoms with E-state index in [1.807, 2.05) is 25.1 Å². The molecule has 0 atom stereocenters. The molecule has 7 heteroatoms. The highest BCUT2D eigenvalue weighted by Crippen LogP contribution is 2.28. The summed E-state index contributed by atoms with van der Waals surface area (Å²) in [5, 5.41) is 5.01. The smallest absolute Gasteiger partial charge is 0.265 e. The molecule has 0 unspecified atom stereocenters. The maximum atomic E-state index is 12.8. The third kappa shape index (κ3) is 3.50. The highest BCUT2D eigenvalue weighted by atomic mass is 32.1. The van der Waals surface area contributed by atoms with Crippen molar-refractivity contribution in [1.82, 2.24) is 24.6 Å². The summed E-state index contributed by atoms with van der Waals surface area (Å²) in [5.41, 5.74) is 1.74. The van der Waals surface area contributed by atoms with Crippen molar-refractivity contribution < 1.29 is 4.79 Å². The second-order valence-electron chi connectivity index (χ2n) is 5.92. The molecule has 1 amide bonds. The van der Waals surface area contributed by atoms with E-state index in [-0.39, 0.29) is 5.91 Å². The summed E-state index contributed by atoms with van der Waals surface area (Å²) in [6.07, 6.45) is 9.76. The second kappa shape index (κ2) is 7.16. The fourth-order valence-electron chi connectivity index (χ4n) is 2.79. The molecule has 0 bridgehead atoms. The van der Waals surface area contributed by atoms with Crippen LogP contribution in [0.15, 0.2) is 12.4 Å². The van der Waals surface area contributed by atoms with Gasteiger partial charge in [0.2, 0.25) is 0 Å². The molecule has 2 aromatic heterocycles. The van der Waals surface area contributed by atoms with Gasteiger partial charge in [0.05, 0.1) is 11.9 Å². The van der Waals surface area contributed by atoms with E-state index in [4.69, 9.17) is 6.42 Å². The van der Waals surface area contributed by atoms with Crippen molar-refractivity contribution in [3.8, 4) is 22.9 Å². The molecule has 2 aromatic rings. The topological polar surface area (TPSA) is 54.3 Å². The Labute approximate surface area is 146 Å². The predicted octanol–water partition coefficient (Wildman–Crippen LogP) is 1.63. The van der Waals surface area contributed by atoms with Gasteiger partial charge in [0.15, 0.2) is 0 Å². The zero-order valence-corrected chi connectivity index (χ0v) is 14.8. The molecular formula is C17H21N5OS. The molecule has 1 aliphatic rings. The fourth-order valence-corrected chi connectivity index (χ4v) is 3.80. The number of piperazine rings is 1. The number of aromatic nitrogens is 3. The molecule has 3 rings (SSSR count). The minimum Gasteiger partial charge on any atom is -0.335 e. The number of carbonyl (C=O) groups is 1. The standard InChI is InChI=1S/C17H21N5OS/c1-4-5-6-21-7-9-22(10-8-21)17(23)15-13(2)19-16(24-15)14-11-18-20(3)12-14/h1,11-12H,5-10H2,2-3H3. The summed E-state index contributed by atoms with van der Waals surface area (Å²) in [7, 11) is 1.87. The van der Waals surface area contributed by atoms with Crippen molar-refractivity contribution in [2.75, 3.05) is 32.7 Å². The summed E-state index contributed by atoms with van der Waals surface area (Å²) in [6.45, 7) is 6.03. The number of terminal acetylenes is 1. The number of rotatable bonds is 4. The monoisotopic (exact) mass is 343 g/mol. The van der Waals surface area contributed by atoms with E-state index < -0.39 is 0 Å². The van der Waals surface area contributed by atoms with Gasteiger partial charge in [-0.2, -0.15) is 5.10 Å². The zero-order valence-electron chi connectivity index (χ0n) is 14.0. The summed E-state index contributed by atoms with van der Waals surface area (Å²) >= 11 is 1.45. The molecular weight excluding hydrogens is 322 g/mol. The van der Waals surface area contributed by atoms with Gasteiger partial charge in [-0.05, 0) is 6.92 Å². The second-order valence-corrected chi connectivity index (χ2v) is 6.92. The Kier molecular flexibility index (Phi) is 4.97. The van der Waals surface area contributed by atoms with Crippen LogP contribution in [0, 0.1) is 19.3 Å². The van der Waals surface area contributed by atoms with Crippen molar-refractivity contribution in [1.29, 1.82) is 0 Å². The largest absolute Gasteiger partial charge is 0.335 e. The van der Waals surface area contributed by atoms with Crippen LogP contribution in [-0.4, -0.2) is 63.2 Å². The van der Waals surface area contributed by atoms with Gasteiger partial charge in [-0.1, -0.05) is 0 Å². The van der Waals surface area contributed by atoms with E-state index in [2.05, 4.69) is 20.9 Å². The highest BCUT2D eigenvalue weighted by molar-refractivity contribution is 7.17. The lowest BCUT2D eigenvalue weighted by Gasteiger charge is -2.34. The lowest BCUT2D eigenvalue weighted by molar-refractivity contribution is 0.0644. The fraction of sp³-hybridized carbons (Fsp3) is 0.471. The Morgan fingerprint density at radius 2 is 2.12 bits per heavy atom. The van der Waals surface area contributed by atoms with Gasteiger partial charge >= 0.3 is 0 Å². The third-order valence-corrected chi connectivity index (χ3v) is 5.37. The Balaban J connectivity index is 1.68. The highest BCUT2D eigenvalue weighted by Gasteiger charge is 2.25. The maximum absolute atomic E-state index is 12.8. The Morgan fingerprint density at radius 1 is 1.38 bits per heavy atom. The van der Waals surface area contributed by atoms with E-state index in [1.54, 1.807) is 10.9 Å². The molecule has 1 saturated heterocycles. The summed E-state index contributed by atoms with van der Waals surface area (Å²) in [6, 6.07) is 0. The molecule has 0 saturated carbocycles. The SMILES string of the molecule is C#CCCN1CCN(C(=O)c2sc(-c3cnn(C)c3)nc2C)CC1. The van der Waals surface area contributed by atoms with Gasteiger partial charge in [0, 0.05) is 58.0 Å². The zero-order chi connectivity index (χ0) is 17.1. The van der Waals surface area contributed by atoms with Gasteiger partial charge in [0.25, 0.3) is 5.91 Å².